The molecule has 1 N–H and O–H groups in total. The zero-order chi connectivity index (χ0) is 26.8. The molecular weight excluding hydrogens is 482 g/mol. The average Bonchev–Trinajstić information content (AvgIpc) is 3.47. The van der Waals surface area contributed by atoms with Crippen LogP contribution >= 0.6 is 0 Å². The second-order valence-electron chi connectivity index (χ2n) is 10.4. The van der Waals surface area contributed by atoms with Gasteiger partial charge in [0.15, 0.2) is 0 Å². The maximum Gasteiger partial charge on any atom is 0.0934 e. The molecule has 0 saturated heterocycles. The molecule has 5 heteroatoms. The van der Waals surface area contributed by atoms with E-state index in [0.717, 1.165) is 13.1 Å². The van der Waals surface area contributed by atoms with E-state index < -0.39 is 6.10 Å². The Balaban J connectivity index is 1.39. The van der Waals surface area contributed by atoms with E-state index in [2.05, 4.69) is 125 Å². The summed E-state index contributed by atoms with van der Waals surface area (Å²) in [6, 6.07) is 34.4. The maximum absolute atomic E-state index is 10.9. The number of fused-ring (bicyclic) bond motifs is 6. The summed E-state index contributed by atoms with van der Waals surface area (Å²) >= 11 is 0. The fraction of sp³-hybridized carbons (Fsp3) is 0.294. The van der Waals surface area contributed by atoms with Crippen LogP contribution in [0.5, 0.6) is 0 Å². The molecule has 0 aliphatic carbocycles. The smallest absolute Gasteiger partial charge is 0.0934 e. The number of ether oxygens (including phenoxy) is 1. The van der Waals surface area contributed by atoms with Crippen LogP contribution in [0.15, 0.2) is 97.1 Å². The van der Waals surface area contributed by atoms with Crippen LogP contribution in [0.3, 0.4) is 0 Å². The number of hydrogen-bond acceptors (Lipinski definition) is 3. The molecule has 0 fully saturated rings. The Labute approximate surface area is 229 Å². The lowest BCUT2D eigenvalue weighted by Gasteiger charge is -2.25. The van der Waals surface area contributed by atoms with Gasteiger partial charge in [0.25, 0.3) is 0 Å². The van der Waals surface area contributed by atoms with Crippen molar-refractivity contribution in [3.05, 3.63) is 97.1 Å². The van der Waals surface area contributed by atoms with Crippen molar-refractivity contribution in [2.45, 2.75) is 39.1 Å². The van der Waals surface area contributed by atoms with Crippen molar-refractivity contribution < 1.29 is 9.84 Å². The maximum atomic E-state index is 10.9. The number of aromatic nitrogens is 2. The highest BCUT2D eigenvalue weighted by atomic mass is 16.5. The minimum Gasteiger partial charge on any atom is -0.389 e. The number of para-hydroxylation sites is 4. The number of aliphatic hydroxyl groups excluding tert-OH is 1. The summed E-state index contributed by atoms with van der Waals surface area (Å²) in [6.45, 7) is 8.38. The van der Waals surface area contributed by atoms with Crippen LogP contribution in [-0.4, -0.2) is 57.6 Å². The standard InChI is InChI=1S/C34H37N3O2/c1-3-35(4-2)21-25(38)24-39-26(22-36-31-17-9-5-13-27(31)28-14-6-10-18-32(28)36)23-37-33-19-11-7-15-29(33)30-16-8-12-20-34(30)37/h5-20,25-26,38H,3-4,21-24H2,1-2H3/t25-/m0/s1. The third-order valence-corrected chi connectivity index (χ3v) is 8.02. The number of aliphatic hydroxyl groups is 1. The van der Waals surface area contributed by atoms with Crippen LogP contribution in [0.1, 0.15) is 13.8 Å². The van der Waals surface area contributed by atoms with E-state index in [1.807, 2.05) is 0 Å². The van der Waals surface area contributed by atoms with Gasteiger partial charge in [0.2, 0.25) is 0 Å². The quantitative estimate of drug-likeness (QED) is 0.207. The first-order chi connectivity index (χ1) is 19.2. The van der Waals surface area contributed by atoms with E-state index in [1.54, 1.807) is 0 Å². The molecule has 2 heterocycles. The van der Waals surface area contributed by atoms with Crippen molar-refractivity contribution in [3.8, 4) is 0 Å². The predicted molar refractivity (Wildman–Crippen MR) is 162 cm³/mol. The Morgan fingerprint density at radius 3 is 1.33 bits per heavy atom. The molecule has 0 radical (unpaired) electrons. The first-order valence-corrected chi connectivity index (χ1v) is 14.1. The number of hydrogen-bond donors (Lipinski definition) is 1. The van der Waals surface area contributed by atoms with E-state index in [0.29, 0.717) is 26.2 Å². The van der Waals surface area contributed by atoms with Gasteiger partial charge in [-0.05, 0) is 37.4 Å². The molecule has 0 unspecified atom stereocenters. The van der Waals surface area contributed by atoms with Crippen molar-refractivity contribution in [2.75, 3.05) is 26.2 Å². The molecule has 6 rings (SSSR count). The number of likely N-dealkylation sites (N-methyl/N-ethyl adjacent to an activating group) is 1. The van der Waals surface area contributed by atoms with Crippen molar-refractivity contribution in [2.24, 2.45) is 0 Å². The van der Waals surface area contributed by atoms with Gasteiger partial charge in [-0.25, -0.2) is 0 Å². The number of rotatable bonds is 11. The van der Waals surface area contributed by atoms with Gasteiger partial charge in [0, 0.05) is 50.2 Å². The molecule has 0 saturated carbocycles. The van der Waals surface area contributed by atoms with Crippen LogP contribution in [0, 0.1) is 0 Å². The van der Waals surface area contributed by atoms with Crippen LogP contribution < -0.4 is 0 Å². The van der Waals surface area contributed by atoms with Crippen LogP contribution in [0.25, 0.3) is 43.6 Å². The highest BCUT2D eigenvalue weighted by Crippen LogP contribution is 2.31. The number of nitrogens with zero attached hydrogens (tertiary/aromatic N) is 3. The van der Waals surface area contributed by atoms with Crippen LogP contribution in [0.4, 0.5) is 0 Å². The topological polar surface area (TPSA) is 42.6 Å². The normalized spacial score (nSPS) is 13.1. The molecule has 200 valence electrons. The fourth-order valence-corrected chi connectivity index (χ4v) is 6.05. The summed E-state index contributed by atoms with van der Waals surface area (Å²) < 4.78 is 11.4. The molecule has 0 spiro atoms. The second kappa shape index (κ2) is 11.2. The molecule has 1 atom stereocenters. The Morgan fingerprint density at radius 2 is 0.974 bits per heavy atom. The van der Waals surface area contributed by atoms with Crippen LogP contribution in [0.2, 0.25) is 0 Å². The van der Waals surface area contributed by atoms with E-state index in [9.17, 15) is 5.11 Å². The van der Waals surface area contributed by atoms with Crippen molar-refractivity contribution in [1.29, 1.82) is 0 Å². The number of benzene rings is 4. The Morgan fingerprint density at radius 1 is 0.615 bits per heavy atom. The first-order valence-electron chi connectivity index (χ1n) is 14.1. The van der Waals surface area contributed by atoms with Gasteiger partial charge >= 0.3 is 0 Å². The van der Waals surface area contributed by atoms with Crippen LogP contribution in [-0.2, 0) is 17.8 Å². The molecule has 4 aromatic carbocycles. The van der Waals surface area contributed by atoms with Crippen molar-refractivity contribution in [1.82, 2.24) is 14.0 Å². The van der Waals surface area contributed by atoms with Gasteiger partial charge in [-0.15, -0.1) is 0 Å². The van der Waals surface area contributed by atoms with Crippen molar-refractivity contribution in [3.63, 3.8) is 0 Å². The molecule has 5 nitrogen and oxygen atoms in total. The molecule has 0 bridgehead atoms. The van der Waals surface area contributed by atoms with Gasteiger partial charge in [0.05, 0.1) is 31.9 Å². The van der Waals surface area contributed by atoms with Gasteiger partial charge in [-0.2, -0.15) is 0 Å². The van der Waals surface area contributed by atoms with Gasteiger partial charge < -0.3 is 23.9 Å². The molecule has 0 aliphatic rings. The summed E-state index contributed by atoms with van der Waals surface area (Å²) in [6.07, 6.45) is -0.682. The Kier molecular flexibility index (Phi) is 7.38. The summed E-state index contributed by atoms with van der Waals surface area (Å²) in [5.74, 6) is 0. The summed E-state index contributed by atoms with van der Waals surface area (Å²) in [5.41, 5.74) is 4.83. The first kappa shape index (κ1) is 25.6. The summed E-state index contributed by atoms with van der Waals surface area (Å²) in [7, 11) is 0. The van der Waals surface area contributed by atoms with Crippen molar-refractivity contribution >= 4 is 43.6 Å². The minimum absolute atomic E-state index is 0.144. The Hall–Kier alpha value is -3.64. The lowest BCUT2D eigenvalue weighted by molar-refractivity contribution is -0.0305. The Bertz CT molecular complexity index is 1490. The summed E-state index contributed by atoms with van der Waals surface area (Å²) in [4.78, 5) is 2.24. The van der Waals surface area contributed by atoms with Gasteiger partial charge in [-0.1, -0.05) is 86.6 Å². The fourth-order valence-electron chi connectivity index (χ4n) is 6.05. The van der Waals surface area contributed by atoms with E-state index in [4.69, 9.17) is 4.74 Å². The van der Waals surface area contributed by atoms with E-state index in [1.165, 1.54) is 43.6 Å². The van der Waals surface area contributed by atoms with E-state index >= 15 is 0 Å². The molecular formula is C34H37N3O2. The van der Waals surface area contributed by atoms with Gasteiger partial charge in [0.1, 0.15) is 0 Å². The lowest BCUT2D eigenvalue weighted by Crippen LogP contribution is -2.37. The highest BCUT2D eigenvalue weighted by Gasteiger charge is 2.21. The highest BCUT2D eigenvalue weighted by molar-refractivity contribution is 6.08. The monoisotopic (exact) mass is 519 g/mol. The average molecular weight is 520 g/mol. The summed E-state index contributed by atoms with van der Waals surface area (Å²) in [5, 5.41) is 15.9. The third kappa shape index (κ3) is 4.94. The zero-order valence-electron chi connectivity index (χ0n) is 22.8. The SMILES string of the molecule is CCN(CC)C[C@H](O)COC(Cn1c2ccccc2c2ccccc21)Cn1c2ccccc2c2ccccc21. The largest absolute Gasteiger partial charge is 0.389 e. The second-order valence-corrected chi connectivity index (χ2v) is 10.4. The third-order valence-electron chi connectivity index (χ3n) is 8.02. The molecule has 2 aromatic heterocycles. The molecule has 0 amide bonds. The molecule has 0 aliphatic heterocycles. The zero-order valence-corrected chi connectivity index (χ0v) is 22.8. The lowest BCUT2D eigenvalue weighted by atomic mass is 10.2. The molecule has 6 aromatic rings. The van der Waals surface area contributed by atoms with Gasteiger partial charge in [-0.3, -0.25) is 0 Å². The van der Waals surface area contributed by atoms with E-state index in [-0.39, 0.29) is 6.10 Å². The minimum atomic E-state index is -0.538. The predicted octanol–water partition coefficient (Wildman–Crippen LogP) is 6.69. The molecule has 39 heavy (non-hydrogen) atoms.